The number of nitrogens with one attached hydrogen (secondary N) is 1. The van der Waals surface area contributed by atoms with Gasteiger partial charge in [0, 0.05) is 24.8 Å². The van der Waals surface area contributed by atoms with E-state index in [0.29, 0.717) is 36.8 Å². The zero-order chi connectivity index (χ0) is 13.8. The predicted molar refractivity (Wildman–Crippen MR) is 73.4 cm³/mol. The van der Waals surface area contributed by atoms with Crippen LogP contribution in [0, 0.1) is 6.92 Å². The molecule has 0 saturated carbocycles. The van der Waals surface area contributed by atoms with Crippen LogP contribution < -0.4 is 11.1 Å². The van der Waals surface area contributed by atoms with E-state index in [-0.39, 0.29) is 5.75 Å². The summed E-state index contributed by atoms with van der Waals surface area (Å²) in [4.78, 5) is 8.48. The van der Waals surface area contributed by atoms with Crippen LogP contribution in [0.4, 0.5) is 11.6 Å². The van der Waals surface area contributed by atoms with Gasteiger partial charge in [-0.05, 0) is 13.3 Å². The van der Waals surface area contributed by atoms with Crippen molar-refractivity contribution in [1.29, 1.82) is 0 Å². The fourth-order valence-corrected chi connectivity index (χ4v) is 2.12. The van der Waals surface area contributed by atoms with Crippen molar-refractivity contribution >= 4 is 21.5 Å². The van der Waals surface area contributed by atoms with Crippen molar-refractivity contribution < 1.29 is 8.42 Å². The molecule has 102 valence electrons. The number of aromatic nitrogens is 2. The SMILES string of the molecule is CCc1nc(N)c(C)c(NCCCS(C)(=O)=O)n1. The average molecular weight is 272 g/mol. The first kappa shape index (κ1) is 14.7. The number of hydrogen-bond donors (Lipinski definition) is 2. The second-order valence-corrected chi connectivity index (χ2v) is 6.52. The molecule has 6 nitrogen and oxygen atoms in total. The molecule has 0 saturated heterocycles. The molecule has 1 rings (SSSR count). The molecule has 18 heavy (non-hydrogen) atoms. The highest BCUT2D eigenvalue weighted by Crippen LogP contribution is 2.17. The van der Waals surface area contributed by atoms with Gasteiger partial charge in [0.15, 0.2) is 0 Å². The Kier molecular flexibility index (Phi) is 4.89. The predicted octanol–water partition coefficient (Wildman–Crippen LogP) is 0.776. The molecule has 0 aliphatic carbocycles. The minimum atomic E-state index is -2.91. The van der Waals surface area contributed by atoms with Crippen LogP contribution in [0.15, 0.2) is 0 Å². The van der Waals surface area contributed by atoms with Gasteiger partial charge in [0.2, 0.25) is 0 Å². The first-order valence-corrected chi connectivity index (χ1v) is 7.94. The van der Waals surface area contributed by atoms with Crippen LogP contribution >= 0.6 is 0 Å². The molecule has 0 amide bonds. The molecule has 3 N–H and O–H groups in total. The van der Waals surface area contributed by atoms with Crippen LogP contribution in [0.1, 0.15) is 24.7 Å². The van der Waals surface area contributed by atoms with Gasteiger partial charge in [0.1, 0.15) is 27.3 Å². The van der Waals surface area contributed by atoms with Crippen LogP contribution in [0.5, 0.6) is 0 Å². The fourth-order valence-electron chi connectivity index (χ4n) is 1.45. The van der Waals surface area contributed by atoms with Crippen molar-refractivity contribution in [3.05, 3.63) is 11.4 Å². The lowest BCUT2D eigenvalue weighted by Gasteiger charge is -2.11. The smallest absolute Gasteiger partial charge is 0.147 e. The monoisotopic (exact) mass is 272 g/mol. The third kappa shape index (κ3) is 4.48. The first-order chi connectivity index (χ1) is 8.33. The van der Waals surface area contributed by atoms with Crippen molar-refractivity contribution in [3.63, 3.8) is 0 Å². The van der Waals surface area contributed by atoms with Gasteiger partial charge in [-0.25, -0.2) is 18.4 Å². The van der Waals surface area contributed by atoms with Gasteiger partial charge in [-0.1, -0.05) is 6.92 Å². The van der Waals surface area contributed by atoms with Crippen molar-refractivity contribution in [3.8, 4) is 0 Å². The summed E-state index contributed by atoms with van der Waals surface area (Å²) < 4.78 is 22.0. The third-order valence-electron chi connectivity index (χ3n) is 2.53. The fraction of sp³-hybridized carbons (Fsp3) is 0.636. The summed E-state index contributed by atoms with van der Waals surface area (Å²) in [6.07, 6.45) is 2.49. The number of nitrogens with two attached hydrogens (primary N) is 1. The molecular formula is C11H20N4O2S. The second kappa shape index (κ2) is 5.99. The van der Waals surface area contributed by atoms with Crippen LogP contribution in [0.25, 0.3) is 0 Å². The van der Waals surface area contributed by atoms with Crippen molar-refractivity contribution in [2.24, 2.45) is 0 Å². The van der Waals surface area contributed by atoms with Gasteiger partial charge in [0.05, 0.1) is 5.75 Å². The summed E-state index contributed by atoms with van der Waals surface area (Å²) in [6.45, 7) is 4.35. The van der Waals surface area contributed by atoms with Crippen molar-refractivity contribution in [1.82, 2.24) is 9.97 Å². The molecule has 1 aromatic heterocycles. The van der Waals surface area contributed by atoms with Crippen molar-refractivity contribution in [2.75, 3.05) is 29.6 Å². The Balaban J connectivity index is 2.64. The molecule has 0 unspecified atom stereocenters. The number of anilines is 2. The van der Waals surface area contributed by atoms with E-state index in [1.54, 1.807) is 0 Å². The molecule has 0 fully saturated rings. The van der Waals surface area contributed by atoms with Crippen LogP contribution in [0.3, 0.4) is 0 Å². The molecule has 0 aromatic carbocycles. The molecule has 0 bridgehead atoms. The lowest BCUT2D eigenvalue weighted by molar-refractivity contribution is 0.600. The first-order valence-electron chi connectivity index (χ1n) is 5.88. The Morgan fingerprint density at radius 2 is 2.00 bits per heavy atom. The summed E-state index contributed by atoms with van der Waals surface area (Å²) in [5.74, 6) is 2.00. The Morgan fingerprint density at radius 3 is 2.56 bits per heavy atom. The second-order valence-electron chi connectivity index (χ2n) is 4.26. The molecular weight excluding hydrogens is 252 g/mol. The van der Waals surface area contributed by atoms with Crippen LogP contribution in [0.2, 0.25) is 0 Å². The van der Waals surface area contributed by atoms with Crippen LogP contribution in [-0.2, 0) is 16.3 Å². The summed E-state index contributed by atoms with van der Waals surface area (Å²) in [7, 11) is -2.91. The number of nitrogens with zero attached hydrogens (tertiary/aromatic N) is 2. The summed E-state index contributed by atoms with van der Waals surface area (Å²) in [5.41, 5.74) is 6.58. The van der Waals surface area contributed by atoms with E-state index in [2.05, 4.69) is 15.3 Å². The number of sulfone groups is 1. The molecule has 0 atom stereocenters. The van der Waals surface area contributed by atoms with E-state index in [9.17, 15) is 8.42 Å². The van der Waals surface area contributed by atoms with E-state index >= 15 is 0 Å². The van der Waals surface area contributed by atoms with Crippen molar-refractivity contribution in [2.45, 2.75) is 26.7 Å². The number of hydrogen-bond acceptors (Lipinski definition) is 6. The zero-order valence-corrected chi connectivity index (χ0v) is 11.8. The van der Waals surface area contributed by atoms with E-state index in [0.717, 1.165) is 5.56 Å². The van der Waals surface area contributed by atoms with Gasteiger partial charge >= 0.3 is 0 Å². The topological polar surface area (TPSA) is 98.0 Å². The highest BCUT2D eigenvalue weighted by Gasteiger charge is 2.08. The van der Waals surface area contributed by atoms with E-state index in [4.69, 9.17) is 5.73 Å². The minimum absolute atomic E-state index is 0.167. The normalized spacial score (nSPS) is 11.5. The Labute approximate surface area is 108 Å². The standard InChI is InChI=1S/C11H20N4O2S/c1-4-9-14-10(12)8(2)11(15-9)13-6-5-7-18(3,16)17/h4-7H2,1-3H3,(H3,12,13,14,15). The maximum absolute atomic E-state index is 11.0. The molecule has 7 heteroatoms. The molecule has 1 aromatic rings. The van der Waals surface area contributed by atoms with Gasteiger partial charge in [-0.15, -0.1) is 0 Å². The molecule has 1 heterocycles. The number of rotatable bonds is 6. The highest BCUT2D eigenvalue weighted by atomic mass is 32.2. The Morgan fingerprint density at radius 1 is 1.33 bits per heavy atom. The van der Waals surface area contributed by atoms with Gasteiger partial charge < -0.3 is 11.1 Å². The third-order valence-corrected chi connectivity index (χ3v) is 3.56. The Bertz CT molecular complexity index is 514. The summed E-state index contributed by atoms with van der Waals surface area (Å²) in [5, 5.41) is 3.11. The number of aryl methyl sites for hydroxylation is 1. The number of nitrogen functional groups attached to an aromatic ring is 1. The van der Waals surface area contributed by atoms with Crippen LogP contribution in [-0.4, -0.2) is 36.9 Å². The summed E-state index contributed by atoms with van der Waals surface area (Å²) >= 11 is 0. The largest absolute Gasteiger partial charge is 0.383 e. The Hall–Kier alpha value is -1.37. The minimum Gasteiger partial charge on any atom is -0.383 e. The average Bonchev–Trinajstić information content (AvgIpc) is 2.28. The molecule has 0 spiro atoms. The maximum atomic E-state index is 11.0. The quantitative estimate of drug-likeness (QED) is 0.742. The molecule has 0 radical (unpaired) electrons. The van der Waals surface area contributed by atoms with E-state index in [1.807, 2.05) is 13.8 Å². The van der Waals surface area contributed by atoms with Gasteiger partial charge in [-0.2, -0.15) is 0 Å². The highest BCUT2D eigenvalue weighted by molar-refractivity contribution is 7.90. The molecule has 0 aliphatic rings. The summed E-state index contributed by atoms with van der Waals surface area (Å²) in [6, 6.07) is 0. The van der Waals surface area contributed by atoms with E-state index in [1.165, 1.54) is 6.26 Å². The van der Waals surface area contributed by atoms with Gasteiger partial charge in [0.25, 0.3) is 0 Å². The van der Waals surface area contributed by atoms with E-state index < -0.39 is 9.84 Å². The zero-order valence-electron chi connectivity index (χ0n) is 11.0. The van der Waals surface area contributed by atoms with Gasteiger partial charge in [-0.3, -0.25) is 0 Å². The lowest BCUT2D eigenvalue weighted by atomic mass is 10.3. The maximum Gasteiger partial charge on any atom is 0.147 e. The molecule has 0 aliphatic heterocycles. The lowest BCUT2D eigenvalue weighted by Crippen LogP contribution is -2.13.